The zero-order chi connectivity index (χ0) is 18.2. The van der Waals surface area contributed by atoms with Gasteiger partial charge in [-0.1, -0.05) is 54.4 Å². The molecule has 2 aromatic carbocycles. The SMILES string of the molecule is CCC(Oc1ccc(C)cc1C)C(=O)NCCCc1ccccc1Cl. The molecule has 1 atom stereocenters. The Morgan fingerprint density at radius 1 is 1.20 bits per heavy atom. The van der Waals surface area contributed by atoms with Crippen LogP contribution in [0.2, 0.25) is 5.02 Å². The minimum Gasteiger partial charge on any atom is -0.480 e. The minimum atomic E-state index is -0.471. The molecule has 1 amide bonds. The summed E-state index contributed by atoms with van der Waals surface area (Å²) in [7, 11) is 0. The number of rotatable bonds is 8. The lowest BCUT2D eigenvalue weighted by Gasteiger charge is -2.19. The normalized spacial score (nSPS) is 11.8. The fourth-order valence-corrected chi connectivity index (χ4v) is 2.94. The lowest BCUT2D eigenvalue weighted by atomic mass is 10.1. The number of hydrogen-bond acceptors (Lipinski definition) is 2. The fourth-order valence-electron chi connectivity index (χ4n) is 2.71. The predicted octanol–water partition coefficient (Wildman–Crippen LogP) is 4.86. The van der Waals surface area contributed by atoms with Gasteiger partial charge in [0.05, 0.1) is 0 Å². The van der Waals surface area contributed by atoms with Crippen LogP contribution in [0, 0.1) is 13.8 Å². The van der Waals surface area contributed by atoms with Crippen LogP contribution in [0.15, 0.2) is 42.5 Å². The molecule has 4 heteroatoms. The zero-order valence-corrected chi connectivity index (χ0v) is 15.9. The van der Waals surface area contributed by atoms with Crippen molar-refractivity contribution in [2.45, 2.75) is 46.1 Å². The summed E-state index contributed by atoms with van der Waals surface area (Å²) in [5.74, 6) is 0.699. The Hall–Kier alpha value is -2.00. The van der Waals surface area contributed by atoms with Crippen LogP contribution in [-0.2, 0) is 11.2 Å². The molecule has 0 aliphatic rings. The maximum Gasteiger partial charge on any atom is 0.261 e. The molecule has 0 saturated heterocycles. The van der Waals surface area contributed by atoms with Gasteiger partial charge in [-0.25, -0.2) is 0 Å². The zero-order valence-electron chi connectivity index (χ0n) is 15.1. The molecule has 2 rings (SSSR count). The van der Waals surface area contributed by atoms with Gasteiger partial charge in [0.2, 0.25) is 0 Å². The number of aryl methyl sites for hydroxylation is 3. The largest absolute Gasteiger partial charge is 0.480 e. The molecule has 2 aromatic rings. The van der Waals surface area contributed by atoms with Crippen LogP contribution in [0.5, 0.6) is 5.75 Å². The average molecular weight is 360 g/mol. The summed E-state index contributed by atoms with van der Waals surface area (Å²) in [5, 5.41) is 3.74. The number of ether oxygens (including phenoxy) is 1. The van der Waals surface area contributed by atoms with Crippen molar-refractivity contribution in [1.82, 2.24) is 5.32 Å². The van der Waals surface area contributed by atoms with Gasteiger partial charge in [0.25, 0.3) is 5.91 Å². The molecule has 0 aromatic heterocycles. The van der Waals surface area contributed by atoms with Crippen molar-refractivity contribution in [3.63, 3.8) is 0 Å². The first-order valence-electron chi connectivity index (χ1n) is 8.76. The van der Waals surface area contributed by atoms with Crippen molar-refractivity contribution in [2.24, 2.45) is 0 Å². The van der Waals surface area contributed by atoms with Crippen LogP contribution in [0.4, 0.5) is 0 Å². The van der Waals surface area contributed by atoms with Crippen LogP contribution in [0.25, 0.3) is 0 Å². The Morgan fingerprint density at radius 3 is 2.64 bits per heavy atom. The first kappa shape index (κ1) is 19.3. The molecule has 0 fully saturated rings. The van der Waals surface area contributed by atoms with Crippen LogP contribution < -0.4 is 10.1 Å². The first-order chi connectivity index (χ1) is 12.0. The van der Waals surface area contributed by atoms with Crippen LogP contribution >= 0.6 is 11.6 Å². The van der Waals surface area contributed by atoms with Gasteiger partial charge in [-0.05, 0) is 56.4 Å². The van der Waals surface area contributed by atoms with E-state index < -0.39 is 6.10 Å². The number of amides is 1. The summed E-state index contributed by atoms with van der Waals surface area (Å²) in [4.78, 5) is 12.4. The van der Waals surface area contributed by atoms with E-state index in [-0.39, 0.29) is 5.91 Å². The number of nitrogens with one attached hydrogen (secondary N) is 1. The van der Waals surface area contributed by atoms with Crippen LogP contribution in [0.3, 0.4) is 0 Å². The average Bonchev–Trinajstić information content (AvgIpc) is 2.59. The first-order valence-corrected chi connectivity index (χ1v) is 9.14. The molecule has 0 radical (unpaired) electrons. The monoisotopic (exact) mass is 359 g/mol. The molecule has 0 saturated carbocycles. The summed E-state index contributed by atoms with van der Waals surface area (Å²) in [6.45, 7) is 6.60. The Balaban J connectivity index is 1.82. The molecular weight excluding hydrogens is 334 g/mol. The van der Waals surface area contributed by atoms with E-state index >= 15 is 0 Å². The minimum absolute atomic E-state index is 0.0679. The molecule has 1 unspecified atom stereocenters. The summed E-state index contributed by atoms with van der Waals surface area (Å²) in [6.07, 6.45) is 1.84. The van der Waals surface area contributed by atoms with Crippen molar-refractivity contribution >= 4 is 17.5 Å². The molecule has 3 nitrogen and oxygen atoms in total. The highest BCUT2D eigenvalue weighted by atomic mass is 35.5. The van der Waals surface area contributed by atoms with Gasteiger partial charge in [-0.15, -0.1) is 0 Å². The van der Waals surface area contributed by atoms with E-state index in [0.29, 0.717) is 13.0 Å². The molecule has 0 aliphatic carbocycles. The Labute approximate surface area is 155 Å². The quantitative estimate of drug-likeness (QED) is 0.683. The van der Waals surface area contributed by atoms with Gasteiger partial charge >= 0.3 is 0 Å². The second-order valence-electron chi connectivity index (χ2n) is 6.27. The number of benzene rings is 2. The molecule has 134 valence electrons. The highest BCUT2D eigenvalue weighted by Crippen LogP contribution is 2.21. The second kappa shape index (κ2) is 9.47. The number of carbonyl (C=O) groups is 1. The van der Waals surface area contributed by atoms with Crippen molar-refractivity contribution in [1.29, 1.82) is 0 Å². The van der Waals surface area contributed by atoms with E-state index in [1.165, 1.54) is 5.56 Å². The highest BCUT2D eigenvalue weighted by molar-refractivity contribution is 6.31. The third kappa shape index (κ3) is 5.79. The van der Waals surface area contributed by atoms with Gasteiger partial charge in [-0.3, -0.25) is 4.79 Å². The van der Waals surface area contributed by atoms with Gasteiger partial charge in [0.1, 0.15) is 5.75 Å². The highest BCUT2D eigenvalue weighted by Gasteiger charge is 2.18. The third-order valence-corrected chi connectivity index (χ3v) is 4.51. The molecule has 1 N–H and O–H groups in total. The Bertz CT molecular complexity index is 715. The molecule has 0 aliphatic heterocycles. The molecule has 0 bridgehead atoms. The summed E-state index contributed by atoms with van der Waals surface area (Å²) in [6, 6.07) is 13.8. The van der Waals surface area contributed by atoms with Crippen LogP contribution in [0.1, 0.15) is 36.5 Å². The summed E-state index contributed by atoms with van der Waals surface area (Å²) >= 11 is 6.15. The number of hydrogen-bond donors (Lipinski definition) is 1. The van der Waals surface area contributed by atoms with Crippen molar-refractivity contribution in [3.05, 3.63) is 64.2 Å². The second-order valence-corrected chi connectivity index (χ2v) is 6.68. The van der Waals surface area contributed by atoms with E-state index in [1.807, 2.05) is 57.2 Å². The van der Waals surface area contributed by atoms with E-state index in [4.69, 9.17) is 16.3 Å². The number of carbonyl (C=O) groups excluding carboxylic acids is 1. The van der Waals surface area contributed by atoms with Gasteiger partial charge in [-0.2, -0.15) is 0 Å². The van der Waals surface area contributed by atoms with Gasteiger partial charge in [0, 0.05) is 11.6 Å². The maximum atomic E-state index is 12.4. The van der Waals surface area contributed by atoms with Gasteiger partial charge in [0.15, 0.2) is 6.10 Å². The molecular formula is C21H26ClNO2. The predicted molar refractivity (Wildman–Crippen MR) is 103 cm³/mol. The lowest BCUT2D eigenvalue weighted by Crippen LogP contribution is -2.38. The summed E-state index contributed by atoms with van der Waals surface area (Å²) < 4.78 is 5.91. The summed E-state index contributed by atoms with van der Waals surface area (Å²) in [5.41, 5.74) is 3.34. The van der Waals surface area contributed by atoms with Crippen molar-refractivity contribution < 1.29 is 9.53 Å². The van der Waals surface area contributed by atoms with E-state index in [1.54, 1.807) is 0 Å². The van der Waals surface area contributed by atoms with Gasteiger partial charge < -0.3 is 10.1 Å². The van der Waals surface area contributed by atoms with E-state index in [0.717, 1.165) is 34.7 Å². The van der Waals surface area contributed by atoms with Crippen molar-refractivity contribution in [3.8, 4) is 5.75 Å². The maximum absolute atomic E-state index is 12.4. The van der Waals surface area contributed by atoms with E-state index in [2.05, 4.69) is 11.4 Å². The lowest BCUT2D eigenvalue weighted by molar-refractivity contribution is -0.128. The topological polar surface area (TPSA) is 38.3 Å². The number of halogens is 1. The molecule has 0 spiro atoms. The fraction of sp³-hybridized carbons (Fsp3) is 0.381. The Kier molecular flexibility index (Phi) is 7.32. The molecule has 0 heterocycles. The Morgan fingerprint density at radius 2 is 1.96 bits per heavy atom. The van der Waals surface area contributed by atoms with E-state index in [9.17, 15) is 4.79 Å². The standard InChI is InChI=1S/C21H26ClNO2/c1-4-19(25-20-12-11-15(2)14-16(20)3)21(24)23-13-7-9-17-8-5-6-10-18(17)22/h5-6,8,10-12,14,19H,4,7,9,13H2,1-3H3,(H,23,24). The van der Waals surface area contributed by atoms with Crippen molar-refractivity contribution in [2.75, 3.05) is 6.54 Å². The molecule has 25 heavy (non-hydrogen) atoms. The van der Waals surface area contributed by atoms with Crippen LogP contribution in [-0.4, -0.2) is 18.6 Å². The smallest absolute Gasteiger partial charge is 0.261 e. The third-order valence-electron chi connectivity index (χ3n) is 4.14.